The van der Waals surface area contributed by atoms with Crippen molar-refractivity contribution in [3.63, 3.8) is 0 Å². The van der Waals surface area contributed by atoms with Gasteiger partial charge in [0, 0.05) is 39.9 Å². The highest BCUT2D eigenvalue weighted by Gasteiger charge is 2.41. The summed E-state index contributed by atoms with van der Waals surface area (Å²) >= 11 is 7.86. The van der Waals surface area contributed by atoms with E-state index in [1.54, 1.807) is 4.90 Å². The van der Waals surface area contributed by atoms with Crippen LogP contribution in [0.1, 0.15) is 16.7 Å². The van der Waals surface area contributed by atoms with Gasteiger partial charge in [0.1, 0.15) is 11.9 Å². The second-order valence-corrected chi connectivity index (χ2v) is 9.35. The standard InChI is InChI=1S/C26H19ClN4OS/c27-20-10-4-1-7-16(20)15-33-26-30-22-12-6-3-9-19(22)24-29-23(25(32)31(24)26)13-17-14-28-21-11-5-2-8-18(17)21/h1-12,14,23,28H,13,15H2/t23-/m1/s1. The molecule has 3 heterocycles. The molecule has 1 amide bonds. The number of thioether (sulfide) groups is 1. The van der Waals surface area contributed by atoms with Crippen molar-refractivity contribution in [2.24, 2.45) is 9.98 Å². The number of carbonyl (C=O) groups is 1. The SMILES string of the molecule is O=C1[C@@H](Cc2c[nH]c3ccccc23)N=C2c3ccccc3N=C(SCc3ccccc3Cl)N12. The van der Waals surface area contributed by atoms with E-state index in [1.807, 2.05) is 72.9 Å². The predicted molar refractivity (Wildman–Crippen MR) is 135 cm³/mol. The molecule has 1 aromatic heterocycles. The smallest absolute Gasteiger partial charge is 0.259 e. The molecular formula is C26H19ClN4OS. The molecule has 0 bridgehead atoms. The maximum absolute atomic E-state index is 13.6. The molecule has 1 N–H and O–H groups in total. The predicted octanol–water partition coefficient (Wildman–Crippen LogP) is 5.96. The van der Waals surface area contributed by atoms with Crippen LogP contribution in [0.2, 0.25) is 5.02 Å². The number of H-pyrrole nitrogens is 1. The van der Waals surface area contributed by atoms with Gasteiger partial charge in [-0.05, 0) is 35.4 Å². The summed E-state index contributed by atoms with van der Waals surface area (Å²) in [5.41, 5.74) is 4.87. The molecule has 6 rings (SSSR count). The number of fused-ring (bicyclic) bond motifs is 4. The molecule has 0 fully saturated rings. The largest absolute Gasteiger partial charge is 0.361 e. The highest BCUT2D eigenvalue weighted by molar-refractivity contribution is 8.13. The zero-order valence-corrected chi connectivity index (χ0v) is 19.1. The second kappa shape index (κ2) is 8.21. The second-order valence-electron chi connectivity index (χ2n) is 8.00. The first-order valence-corrected chi connectivity index (χ1v) is 12.1. The first-order valence-electron chi connectivity index (χ1n) is 10.7. The van der Waals surface area contributed by atoms with Gasteiger partial charge in [-0.1, -0.05) is 71.9 Å². The Balaban J connectivity index is 1.34. The third kappa shape index (κ3) is 3.56. The van der Waals surface area contributed by atoms with Gasteiger partial charge >= 0.3 is 0 Å². The average molecular weight is 471 g/mol. The van der Waals surface area contributed by atoms with Crippen molar-refractivity contribution in [3.8, 4) is 0 Å². The lowest BCUT2D eigenvalue weighted by Gasteiger charge is -2.25. The zero-order valence-electron chi connectivity index (χ0n) is 17.5. The Hall–Kier alpha value is -3.35. The number of amidine groups is 2. The number of amides is 1. The molecule has 5 nitrogen and oxygen atoms in total. The molecular weight excluding hydrogens is 452 g/mol. The van der Waals surface area contributed by atoms with Crippen LogP contribution in [0.3, 0.4) is 0 Å². The van der Waals surface area contributed by atoms with Crippen molar-refractivity contribution in [2.45, 2.75) is 18.2 Å². The molecule has 0 unspecified atom stereocenters. The number of para-hydroxylation sites is 2. The Morgan fingerprint density at radius 2 is 1.76 bits per heavy atom. The van der Waals surface area contributed by atoms with Crippen molar-refractivity contribution in [2.75, 3.05) is 0 Å². The van der Waals surface area contributed by atoms with E-state index < -0.39 is 6.04 Å². The molecule has 0 spiro atoms. The average Bonchev–Trinajstić information content (AvgIpc) is 3.40. The number of nitrogens with zero attached hydrogens (tertiary/aromatic N) is 3. The first kappa shape index (κ1) is 20.3. The summed E-state index contributed by atoms with van der Waals surface area (Å²) in [5, 5.41) is 2.47. The lowest BCUT2D eigenvalue weighted by molar-refractivity contribution is -0.124. The van der Waals surface area contributed by atoms with Gasteiger partial charge in [-0.2, -0.15) is 0 Å². The minimum absolute atomic E-state index is 0.0461. The number of aliphatic imine (C=N–C) groups is 2. The zero-order chi connectivity index (χ0) is 22.4. The lowest BCUT2D eigenvalue weighted by Crippen LogP contribution is -2.41. The van der Waals surface area contributed by atoms with E-state index in [0.29, 0.717) is 28.2 Å². The van der Waals surface area contributed by atoms with Crippen LogP contribution >= 0.6 is 23.4 Å². The van der Waals surface area contributed by atoms with Gasteiger partial charge in [0.25, 0.3) is 5.91 Å². The fourth-order valence-corrected chi connectivity index (χ4v) is 5.58. The van der Waals surface area contributed by atoms with Gasteiger partial charge in [-0.25, -0.2) is 9.89 Å². The molecule has 2 aliphatic heterocycles. The quantitative estimate of drug-likeness (QED) is 0.400. The number of hydrogen-bond acceptors (Lipinski definition) is 4. The van der Waals surface area contributed by atoms with Crippen molar-refractivity contribution in [1.29, 1.82) is 0 Å². The summed E-state index contributed by atoms with van der Waals surface area (Å²) in [7, 11) is 0. The highest BCUT2D eigenvalue weighted by Crippen LogP contribution is 2.36. The van der Waals surface area contributed by atoms with Crippen LogP contribution < -0.4 is 0 Å². The van der Waals surface area contributed by atoms with Gasteiger partial charge in [-0.15, -0.1) is 0 Å². The Morgan fingerprint density at radius 3 is 2.67 bits per heavy atom. The number of rotatable bonds is 4. The van der Waals surface area contributed by atoms with Crippen molar-refractivity contribution in [3.05, 3.63) is 101 Å². The minimum Gasteiger partial charge on any atom is -0.361 e. The molecule has 0 radical (unpaired) electrons. The van der Waals surface area contributed by atoms with Crippen LogP contribution in [0.4, 0.5) is 5.69 Å². The molecule has 1 atom stereocenters. The fraction of sp³-hybridized carbons (Fsp3) is 0.115. The summed E-state index contributed by atoms with van der Waals surface area (Å²) < 4.78 is 0. The minimum atomic E-state index is -0.489. The third-order valence-corrected chi connectivity index (χ3v) is 7.31. The van der Waals surface area contributed by atoms with Gasteiger partial charge in [0.05, 0.1) is 5.69 Å². The number of aromatic nitrogens is 1. The van der Waals surface area contributed by atoms with Gasteiger partial charge in [0.15, 0.2) is 5.17 Å². The van der Waals surface area contributed by atoms with Crippen LogP contribution in [0, 0.1) is 0 Å². The van der Waals surface area contributed by atoms with E-state index in [1.165, 1.54) is 11.8 Å². The first-order chi connectivity index (χ1) is 16.2. The van der Waals surface area contributed by atoms with E-state index >= 15 is 0 Å². The number of aromatic amines is 1. The van der Waals surface area contributed by atoms with E-state index in [4.69, 9.17) is 21.6 Å². The van der Waals surface area contributed by atoms with Crippen LogP contribution in [0.25, 0.3) is 10.9 Å². The monoisotopic (exact) mass is 470 g/mol. The summed E-state index contributed by atoms with van der Waals surface area (Å²) in [5.74, 6) is 1.25. The molecule has 33 heavy (non-hydrogen) atoms. The number of nitrogens with one attached hydrogen (secondary N) is 1. The number of halogens is 1. The fourth-order valence-electron chi connectivity index (χ4n) is 4.30. The third-order valence-electron chi connectivity index (χ3n) is 5.95. The maximum Gasteiger partial charge on any atom is 0.259 e. The summed E-state index contributed by atoms with van der Waals surface area (Å²) in [6, 6.07) is 23.2. The Bertz CT molecular complexity index is 1460. The van der Waals surface area contributed by atoms with Gasteiger partial charge in [0.2, 0.25) is 0 Å². The van der Waals surface area contributed by atoms with Gasteiger partial charge < -0.3 is 4.98 Å². The Kier molecular flexibility index (Phi) is 5.04. The summed E-state index contributed by atoms with van der Waals surface area (Å²) in [6.07, 6.45) is 2.51. The molecule has 4 aromatic rings. The summed E-state index contributed by atoms with van der Waals surface area (Å²) in [6.45, 7) is 0. The molecule has 2 aliphatic rings. The maximum atomic E-state index is 13.6. The number of benzene rings is 3. The number of hydrogen-bond donors (Lipinski definition) is 1. The summed E-state index contributed by atoms with van der Waals surface area (Å²) in [4.78, 5) is 28.3. The topological polar surface area (TPSA) is 60.8 Å². The van der Waals surface area contributed by atoms with Crippen LogP contribution in [-0.4, -0.2) is 32.8 Å². The molecule has 0 saturated heterocycles. The normalized spacial score (nSPS) is 17.1. The van der Waals surface area contributed by atoms with E-state index in [9.17, 15) is 4.79 Å². The van der Waals surface area contributed by atoms with Crippen LogP contribution in [0.5, 0.6) is 0 Å². The van der Waals surface area contributed by atoms with Crippen molar-refractivity contribution in [1.82, 2.24) is 9.88 Å². The lowest BCUT2D eigenvalue weighted by atomic mass is 10.1. The van der Waals surface area contributed by atoms with Gasteiger partial charge in [-0.3, -0.25) is 9.79 Å². The molecule has 3 aromatic carbocycles. The van der Waals surface area contributed by atoms with Crippen LogP contribution in [-0.2, 0) is 17.0 Å². The molecule has 0 saturated carbocycles. The Labute approximate surface area is 200 Å². The van der Waals surface area contributed by atoms with Crippen molar-refractivity contribution >= 4 is 56.9 Å². The Morgan fingerprint density at radius 1 is 0.970 bits per heavy atom. The molecule has 7 heteroatoms. The molecule has 162 valence electrons. The number of carbonyl (C=O) groups excluding carboxylic acids is 1. The van der Waals surface area contributed by atoms with Crippen molar-refractivity contribution < 1.29 is 4.79 Å². The molecule has 0 aliphatic carbocycles. The highest BCUT2D eigenvalue weighted by atomic mass is 35.5. The van der Waals surface area contributed by atoms with E-state index in [-0.39, 0.29) is 5.91 Å². The van der Waals surface area contributed by atoms with E-state index in [2.05, 4.69) is 11.1 Å². The van der Waals surface area contributed by atoms with Crippen LogP contribution in [0.15, 0.2) is 89.0 Å². The van der Waals surface area contributed by atoms with E-state index in [0.717, 1.165) is 33.3 Å².